The molecule has 0 spiro atoms. The Labute approximate surface area is 219 Å². The standard InChI is InChI=1S/C22H20F7NO3.C2HF3O2/c1-20(2,3)33-19(32)17(30)9-12-6-11(4-5-16(12)23)18(31)13-7-14(21(24,25)26)10-15(8-13)22(27,28)29;3-2(4,5)1(6)7/h4-8,10,17H,9,30H2,1-3H3;(H,6,7). The van der Waals surface area contributed by atoms with Crippen molar-refractivity contribution in [2.75, 3.05) is 0 Å². The number of carboxylic acid groups (broad SMARTS) is 1. The van der Waals surface area contributed by atoms with E-state index >= 15 is 0 Å². The van der Waals surface area contributed by atoms with Crippen LogP contribution < -0.4 is 5.73 Å². The maximum Gasteiger partial charge on any atom is 0.490 e. The first-order valence-electron chi connectivity index (χ1n) is 10.7. The van der Waals surface area contributed by atoms with E-state index in [4.69, 9.17) is 20.4 Å². The van der Waals surface area contributed by atoms with Crippen molar-refractivity contribution in [3.63, 3.8) is 0 Å². The lowest BCUT2D eigenvalue weighted by Gasteiger charge is -2.22. The molecule has 1 atom stereocenters. The van der Waals surface area contributed by atoms with Gasteiger partial charge in [-0.25, -0.2) is 9.18 Å². The van der Waals surface area contributed by atoms with Crippen molar-refractivity contribution in [3.8, 4) is 0 Å². The molecule has 0 heterocycles. The van der Waals surface area contributed by atoms with Crippen LogP contribution in [0.25, 0.3) is 0 Å². The van der Waals surface area contributed by atoms with Crippen LogP contribution >= 0.6 is 0 Å². The Hall–Kier alpha value is -3.69. The fourth-order valence-electron chi connectivity index (χ4n) is 2.82. The van der Waals surface area contributed by atoms with E-state index in [2.05, 4.69) is 0 Å². The summed E-state index contributed by atoms with van der Waals surface area (Å²) in [5.74, 6) is -5.68. The van der Waals surface area contributed by atoms with Gasteiger partial charge >= 0.3 is 30.5 Å². The van der Waals surface area contributed by atoms with Gasteiger partial charge in [0.1, 0.15) is 17.5 Å². The predicted octanol–water partition coefficient (Wildman–Crippen LogP) is 5.94. The van der Waals surface area contributed by atoms with Crippen LogP contribution in [0.1, 0.15) is 53.4 Å². The molecule has 3 N–H and O–H groups in total. The van der Waals surface area contributed by atoms with Gasteiger partial charge in [-0.15, -0.1) is 0 Å². The summed E-state index contributed by atoms with van der Waals surface area (Å²) < 4.78 is 129. The van der Waals surface area contributed by atoms with Crippen LogP contribution in [0, 0.1) is 5.82 Å². The molecule has 2 aromatic carbocycles. The molecule has 0 aliphatic carbocycles. The average Bonchev–Trinajstić information content (AvgIpc) is 2.77. The molecule has 0 fully saturated rings. The number of aliphatic carboxylic acids is 1. The number of carbonyl (C=O) groups is 3. The van der Waals surface area contributed by atoms with E-state index in [-0.39, 0.29) is 29.3 Å². The van der Waals surface area contributed by atoms with Crippen LogP contribution in [0.5, 0.6) is 0 Å². The number of hydrogen-bond acceptors (Lipinski definition) is 5. The lowest BCUT2D eigenvalue weighted by atomic mass is 9.95. The van der Waals surface area contributed by atoms with Crippen molar-refractivity contribution in [2.45, 2.75) is 57.4 Å². The maximum atomic E-state index is 14.2. The lowest BCUT2D eigenvalue weighted by molar-refractivity contribution is -0.192. The molecule has 6 nitrogen and oxygen atoms in total. The summed E-state index contributed by atoms with van der Waals surface area (Å²) in [6, 6.07) is 1.79. The Morgan fingerprint density at radius 3 is 1.65 bits per heavy atom. The number of benzene rings is 2. The van der Waals surface area contributed by atoms with Crippen molar-refractivity contribution < 1.29 is 68.1 Å². The molecule has 16 heteroatoms. The first-order valence-corrected chi connectivity index (χ1v) is 10.7. The van der Waals surface area contributed by atoms with Crippen molar-refractivity contribution >= 4 is 17.7 Å². The van der Waals surface area contributed by atoms with Crippen molar-refractivity contribution in [1.29, 1.82) is 0 Å². The zero-order chi connectivity index (χ0) is 31.4. The van der Waals surface area contributed by atoms with E-state index in [1.165, 1.54) is 0 Å². The van der Waals surface area contributed by atoms with Crippen LogP contribution in [-0.2, 0) is 33.1 Å². The lowest BCUT2D eigenvalue weighted by Crippen LogP contribution is -2.39. The smallest absolute Gasteiger partial charge is 0.475 e. The molecule has 1 unspecified atom stereocenters. The molecule has 0 saturated carbocycles. The summed E-state index contributed by atoms with van der Waals surface area (Å²) in [6.45, 7) is 4.76. The zero-order valence-electron chi connectivity index (χ0n) is 20.7. The second-order valence-corrected chi connectivity index (χ2v) is 9.08. The monoisotopic (exact) mass is 593 g/mol. The number of ketones is 1. The van der Waals surface area contributed by atoms with E-state index in [9.17, 15) is 53.5 Å². The van der Waals surface area contributed by atoms with Gasteiger partial charge in [0.2, 0.25) is 0 Å². The second kappa shape index (κ2) is 12.2. The van der Waals surface area contributed by atoms with Gasteiger partial charge in [-0.1, -0.05) is 0 Å². The van der Waals surface area contributed by atoms with Gasteiger partial charge in [0.25, 0.3) is 0 Å². The highest BCUT2D eigenvalue weighted by Gasteiger charge is 2.39. The number of carboxylic acids is 1. The van der Waals surface area contributed by atoms with E-state index < -0.39 is 76.8 Å². The number of nitrogens with two attached hydrogens (primary N) is 1. The second-order valence-electron chi connectivity index (χ2n) is 9.08. The first kappa shape index (κ1) is 34.3. The highest BCUT2D eigenvalue weighted by molar-refractivity contribution is 6.09. The molecule has 0 aliphatic heterocycles. The summed E-state index contributed by atoms with van der Waals surface area (Å²) in [5, 5.41) is 7.12. The summed E-state index contributed by atoms with van der Waals surface area (Å²) in [7, 11) is 0. The maximum absolute atomic E-state index is 14.2. The van der Waals surface area contributed by atoms with E-state index in [1.54, 1.807) is 20.8 Å². The highest BCUT2D eigenvalue weighted by atomic mass is 19.4. The molecule has 0 radical (unpaired) electrons. The van der Waals surface area contributed by atoms with Crippen molar-refractivity contribution in [3.05, 3.63) is 70.0 Å². The zero-order valence-corrected chi connectivity index (χ0v) is 20.7. The van der Waals surface area contributed by atoms with E-state index in [1.807, 2.05) is 0 Å². The number of rotatable bonds is 5. The molecule has 0 aliphatic rings. The third-order valence-electron chi connectivity index (χ3n) is 4.55. The Balaban J connectivity index is 0.00000101. The first-order chi connectivity index (χ1) is 17.8. The molecular formula is C24H21F10NO5. The van der Waals surface area contributed by atoms with Crippen LogP contribution in [0.4, 0.5) is 43.9 Å². The van der Waals surface area contributed by atoms with Gasteiger partial charge in [-0.05, 0) is 62.7 Å². The summed E-state index contributed by atoms with van der Waals surface area (Å²) in [6.07, 6.45) is -15.8. The fourth-order valence-corrected chi connectivity index (χ4v) is 2.82. The topological polar surface area (TPSA) is 107 Å². The number of hydrogen-bond donors (Lipinski definition) is 2. The SMILES string of the molecule is CC(C)(C)OC(=O)C(N)Cc1cc(C(=O)c2cc(C(F)(F)F)cc(C(F)(F)F)c2)ccc1F.O=C(O)C(F)(F)F. The largest absolute Gasteiger partial charge is 0.490 e. The molecule has 222 valence electrons. The van der Waals surface area contributed by atoms with Crippen LogP contribution in [0.2, 0.25) is 0 Å². The average molecular weight is 593 g/mol. The molecule has 40 heavy (non-hydrogen) atoms. The number of esters is 1. The number of alkyl halides is 9. The van der Waals surface area contributed by atoms with Crippen LogP contribution in [0.3, 0.4) is 0 Å². The fraction of sp³-hybridized carbons (Fsp3) is 0.375. The Kier molecular flexibility index (Phi) is 10.5. The molecule has 0 aromatic heterocycles. The molecule has 0 amide bonds. The molecular weight excluding hydrogens is 572 g/mol. The predicted molar refractivity (Wildman–Crippen MR) is 117 cm³/mol. The van der Waals surface area contributed by atoms with Gasteiger partial charge in [-0.3, -0.25) is 9.59 Å². The van der Waals surface area contributed by atoms with Crippen molar-refractivity contribution in [1.82, 2.24) is 0 Å². The summed E-state index contributed by atoms with van der Waals surface area (Å²) in [4.78, 5) is 33.6. The van der Waals surface area contributed by atoms with Gasteiger partial charge in [0.15, 0.2) is 5.78 Å². The van der Waals surface area contributed by atoms with Gasteiger partial charge in [0.05, 0.1) is 11.1 Å². The van der Waals surface area contributed by atoms with Gasteiger partial charge in [0, 0.05) is 17.5 Å². The number of halogens is 10. The quantitative estimate of drug-likeness (QED) is 0.253. The highest BCUT2D eigenvalue weighted by Crippen LogP contribution is 2.36. The minimum absolute atomic E-state index is 0.104. The minimum Gasteiger partial charge on any atom is -0.475 e. The molecule has 0 bridgehead atoms. The Morgan fingerprint density at radius 1 is 0.825 bits per heavy atom. The third-order valence-corrected chi connectivity index (χ3v) is 4.55. The molecule has 2 aromatic rings. The summed E-state index contributed by atoms with van der Waals surface area (Å²) >= 11 is 0. The third kappa shape index (κ3) is 10.5. The van der Waals surface area contributed by atoms with Crippen molar-refractivity contribution in [2.24, 2.45) is 5.73 Å². The van der Waals surface area contributed by atoms with Gasteiger partial charge in [-0.2, -0.15) is 39.5 Å². The Morgan fingerprint density at radius 2 is 1.27 bits per heavy atom. The summed E-state index contributed by atoms with van der Waals surface area (Å²) in [5.41, 5.74) is 0.0401. The molecule has 0 saturated heterocycles. The van der Waals surface area contributed by atoms with Crippen LogP contribution in [0.15, 0.2) is 36.4 Å². The van der Waals surface area contributed by atoms with E-state index in [0.717, 1.165) is 18.2 Å². The molecule has 2 rings (SSSR count). The Bertz CT molecular complexity index is 1210. The van der Waals surface area contributed by atoms with Gasteiger partial charge < -0.3 is 15.6 Å². The minimum atomic E-state index is -5.13. The number of ether oxygens (including phenoxy) is 1. The van der Waals surface area contributed by atoms with E-state index in [0.29, 0.717) is 0 Å². The van der Waals surface area contributed by atoms with Crippen LogP contribution in [-0.4, -0.2) is 40.6 Å². The number of carbonyl (C=O) groups excluding carboxylic acids is 2. The normalized spacial score (nSPS) is 13.2.